The first-order chi connectivity index (χ1) is 17.7. The maximum absolute atomic E-state index is 13.2. The Morgan fingerprint density at radius 3 is 2.38 bits per heavy atom. The number of benzene rings is 2. The van der Waals surface area contributed by atoms with E-state index >= 15 is 0 Å². The molecule has 0 bridgehead atoms. The number of morpholine rings is 1. The predicted octanol–water partition coefficient (Wildman–Crippen LogP) is 3.07. The predicted molar refractivity (Wildman–Crippen MR) is 141 cm³/mol. The largest absolute Gasteiger partial charge is 0.484 e. The molecule has 1 unspecified atom stereocenters. The minimum atomic E-state index is -3.62. The van der Waals surface area contributed by atoms with E-state index in [1.807, 2.05) is 6.92 Å². The summed E-state index contributed by atoms with van der Waals surface area (Å²) in [6.45, 7) is 5.50. The zero-order valence-electron chi connectivity index (χ0n) is 21.2. The number of halogens is 1. The average Bonchev–Trinajstić information content (AvgIpc) is 2.91. The number of sulfonamides is 1. The fourth-order valence-corrected chi connectivity index (χ4v) is 5.31. The molecule has 1 fully saturated rings. The van der Waals surface area contributed by atoms with E-state index in [9.17, 15) is 18.0 Å². The van der Waals surface area contributed by atoms with E-state index in [2.05, 4.69) is 5.32 Å². The van der Waals surface area contributed by atoms with Crippen LogP contribution in [0.3, 0.4) is 0 Å². The molecule has 2 aromatic rings. The van der Waals surface area contributed by atoms with Gasteiger partial charge in [0.15, 0.2) is 6.61 Å². The molecule has 9 nitrogen and oxygen atoms in total. The number of nitrogens with one attached hydrogen (secondary N) is 1. The van der Waals surface area contributed by atoms with E-state index in [0.717, 1.165) is 18.4 Å². The SMILES string of the molecule is CCCCNC(=O)C(C)N(Cc1ccc(Cl)cc1)C(=O)COc1ccc(S(=O)(=O)N2CCOCC2)cc1. The number of hydrogen-bond donors (Lipinski definition) is 1. The molecule has 37 heavy (non-hydrogen) atoms. The third-order valence-electron chi connectivity index (χ3n) is 6.06. The van der Waals surface area contributed by atoms with Crippen molar-refractivity contribution in [1.29, 1.82) is 0 Å². The van der Waals surface area contributed by atoms with Crippen LogP contribution >= 0.6 is 11.6 Å². The lowest BCUT2D eigenvalue weighted by atomic mass is 10.1. The number of rotatable bonds is 12. The summed E-state index contributed by atoms with van der Waals surface area (Å²) in [5.41, 5.74) is 0.823. The van der Waals surface area contributed by atoms with Crippen molar-refractivity contribution in [2.75, 3.05) is 39.5 Å². The van der Waals surface area contributed by atoms with E-state index in [-0.39, 0.29) is 29.9 Å². The van der Waals surface area contributed by atoms with Crippen molar-refractivity contribution in [3.05, 3.63) is 59.1 Å². The van der Waals surface area contributed by atoms with Crippen LogP contribution in [0.5, 0.6) is 5.75 Å². The monoisotopic (exact) mass is 551 g/mol. The Morgan fingerprint density at radius 1 is 1.11 bits per heavy atom. The van der Waals surface area contributed by atoms with Gasteiger partial charge < -0.3 is 19.7 Å². The van der Waals surface area contributed by atoms with Gasteiger partial charge in [0.05, 0.1) is 18.1 Å². The van der Waals surface area contributed by atoms with Gasteiger partial charge in [-0.05, 0) is 55.3 Å². The first-order valence-electron chi connectivity index (χ1n) is 12.3. The standard InChI is InChI=1S/C26H34ClN3O6S/c1-3-4-13-28-26(32)20(2)30(18-21-5-7-22(27)8-6-21)25(31)19-36-23-9-11-24(12-10-23)37(33,34)29-14-16-35-17-15-29/h5-12,20H,3-4,13-19H2,1-2H3,(H,28,32). The normalized spacial score (nSPS) is 15.1. The number of carbonyl (C=O) groups is 2. The van der Waals surface area contributed by atoms with E-state index in [0.29, 0.717) is 43.6 Å². The van der Waals surface area contributed by atoms with Crippen molar-refractivity contribution in [2.45, 2.75) is 44.2 Å². The Morgan fingerprint density at radius 2 is 1.76 bits per heavy atom. The highest BCUT2D eigenvalue weighted by Crippen LogP contribution is 2.21. The van der Waals surface area contributed by atoms with Crippen LogP contribution in [0.25, 0.3) is 0 Å². The second-order valence-corrected chi connectivity index (χ2v) is 11.1. The van der Waals surface area contributed by atoms with E-state index in [4.69, 9.17) is 21.1 Å². The lowest BCUT2D eigenvalue weighted by molar-refractivity contribution is -0.142. The van der Waals surface area contributed by atoms with Crippen LogP contribution in [0.1, 0.15) is 32.3 Å². The summed E-state index contributed by atoms with van der Waals surface area (Å²) in [7, 11) is -3.62. The molecule has 1 N–H and O–H groups in total. The molecule has 2 amide bonds. The molecule has 0 radical (unpaired) electrons. The average molecular weight is 552 g/mol. The van der Waals surface area contributed by atoms with Gasteiger partial charge in [0, 0.05) is 31.2 Å². The topological polar surface area (TPSA) is 105 Å². The first kappa shape index (κ1) is 28.9. The van der Waals surface area contributed by atoms with Crippen molar-refractivity contribution in [3.8, 4) is 5.75 Å². The fraction of sp³-hybridized carbons (Fsp3) is 0.462. The Labute approximate surface area is 223 Å². The maximum atomic E-state index is 13.2. The molecule has 1 aliphatic heterocycles. The Hall–Kier alpha value is -2.66. The van der Waals surface area contributed by atoms with Crippen LogP contribution in [0.4, 0.5) is 0 Å². The molecule has 0 spiro atoms. The van der Waals surface area contributed by atoms with Gasteiger partial charge >= 0.3 is 0 Å². The molecule has 0 aromatic heterocycles. The van der Waals surface area contributed by atoms with Crippen molar-refractivity contribution < 1.29 is 27.5 Å². The lowest BCUT2D eigenvalue weighted by Crippen LogP contribution is -2.49. The smallest absolute Gasteiger partial charge is 0.261 e. The molecule has 1 atom stereocenters. The molecule has 3 rings (SSSR count). The molecular formula is C26H34ClN3O6S. The second kappa shape index (κ2) is 13.8. The number of nitrogens with zero attached hydrogens (tertiary/aromatic N) is 2. The van der Waals surface area contributed by atoms with Gasteiger partial charge in [-0.15, -0.1) is 0 Å². The van der Waals surface area contributed by atoms with Crippen LogP contribution in [-0.4, -0.2) is 74.9 Å². The van der Waals surface area contributed by atoms with Crippen molar-refractivity contribution in [2.24, 2.45) is 0 Å². The van der Waals surface area contributed by atoms with Gasteiger partial charge in [-0.25, -0.2) is 8.42 Å². The van der Waals surface area contributed by atoms with Gasteiger partial charge in [-0.2, -0.15) is 4.31 Å². The number of unbranched alkanes of at least 4 members (excludes halogenated alkanes) is 1. The number of amides is 2. The quantitative estimate of drug-likeness (QED) is 0.406. The minimum Gasteiger partial charge on any atom is -0.484 e. The second-order valence-electron chi connectivity index (χ2n) is 8.75. The van der Waals surface area contributed by atoms with Crippen LogP contribution in [0, 0.1) is 0 Å². The Kier molecular flexibility index (Phi) is 10.7. The molecule has 1 aliphatic rings. The summed E-state index contributed by atoms with van der Waals surface area (Å²) in [6.07, 6.45) is 1.80. The highest BCUT2D eigenvalue weighted by Gasteiger charge is 2.28. The van der Waals surface area contributed by atoms with E-state index in [1.165, 1.54) is 33.5 Å². The van der Waals surface area contributed by atoms with Gasteiger partial charge in [-0.3, -0.25) is 9.59 Å². The van der Waals surface area contributed by atoms with Crippen molar-refractivity contribution in [1.82, 2.24) is 14.5 Å². The summed E-state index contributed by atoms with van der Waals surface area (Å²) in [6, 6.07) is 12.3. The molecule has 0 saturated carbocycles. The van der Waals surface area contributed by atoms with Crippen LogP contribution in [-0.2, 0) is 30.9 Å². The molecule has 1 heterocycles. The van der Waals surface area contributed by atoms with Gasteiger partial charge in [0.2, 0.25) is 15.9 Å². The summed E-state index contributed by atoms with van der Waals surface area (Å²) < 4.78 is 37.9. The van der Waals surface area contributed by atoms with E-state index in [1.54, 1.807) is 31.2 Å². The van der Waals surface area contributed by atoms with Crippen LogP contribution in [0.2, 0.25) is 5.02 Å². The lowest BCUT2D eigenvalue weighted by Gasteiger charge is -2.29. The zero-order valence-corrected chi connectivity index (χ0v) is 22.8. The molecule has 2 aromatic carbocycles. The third-order valence-corrected chi connectivity index (χ3v) is 8.22. The molecule has 1 saturated heterocycles. The fourth-order valence-electron chi connectivity index (χ4n) is 3.78. The maximum Gasteiger partial charge on any atom is 0.261 e. The number of ether oxygens (including phenoxy) is 2. The van der Waals surface area contributed by atoms with Crippen LogP contribution < -0.4 is 10.1 Å². The number of carbonyl (C=O) groups excluding carboxylic acids is 2. The molecule has 0 aliphatic carbocycles. The van der Waals surface area contributed by atoms with Crippen molar-refractivity contribution >= 4 is 33.4 Å². The highest BCUT2D eigenvalue weighted by atomic mass is 35.5. The molecule has 202 valence electrons. The van der Waals surface area contributed by atoms with E-state index < -0.39 is 16.1 Å². The Balaban J connectivity index is 1.67. The third kappa shape index (κ3) is 8.16. The summed E-state index contributed by atoms with van der Waals surface area (Å²) >= 11 is 5.99. The van der Waals surface area contributed by atoms with Crippen LogP contribution in [0.15, 0.2) is 53.4 Å². The molecule has 11 heteroatoms. The molecular weight excluding hydrogens is 518 g/mol. The summed E-state index contributed by atoms with van der Waals surface area (Å²) in [4.78, 5) is 27.5. The first-order valence-corrected chi connectivity index (χ1v) is 14.2. The number of hydrogen-bond acceptors (Lipinski definition) is 6. The summed E-state index contributed by atoms with van der Waals surface area (Å²) in [5, 5.41) is 3.45. The van der Waals surface area contributed by atoms with Gasteiger partial charge in [0.1, 0.15) is 11.8 Å². The summed E-state index contributed by atoms with van der Waals surface area (Å²) in [5.74, 6) is -0.271. The van der Waals surface area contributed by atoms with Gasteiger partial charge in [-0.1, -0.05) is 37.1 Å². The van der Waals surface area contributed by atoms with Gasteiger partial charge in [0.25, 0.3) is 5.91 Å². The Bertz CT molecular complexity index is 1140. The minimum absolute atomic E-state index is 0.148. The highest BCUT2D eigenvalue weighted by molar-refractivity contribution is 7.89. The zero-order chi connectivity index (χ0) is 26.8. The van der Waals surface area contributed by atoms with Crippen molar-refractivity contribution in [3.63, 3.8) is 0 Å².